The van der Waals surface area contributed by atoms with Crippen molar-refractivity contribution >= 4 is 17.0 Å². The molecule has 0 spiro atoms. The number of carbonyl (C=O) groups is 1. The number of amides is 1. The zero-order valence-corrected chi connectivity index (χ0v) is 5.46. The first-order valence-corrected chi connectivity index (χ1v) is 2.69. The molecule has 0 fully saturated rings. The van der Waals surface area contributed by atoms with E-state index in [1.54, 1.807) is 0 Å². The Balaban J connectivity index is 3.40. The molecule has 0 aromatic heterocycles. The van der Waals surface area contributed by atoms with E-state index in [0.717, 1.165) is 6.42 Å². The van der Waals surface area contributed by atoms with Crippen LogP contribution in [0.15, 0.2) is 12.3 Å². The molecule has 1 N–H and O–H groups in total. The standard InChI is InChI=1S/C5H8ClNO/c1-3-4(2)7-5(6)8/h2-3H2,1H3,(H,7,8). The highest BCUT2D eigenvalue weighted by Crippen LogP contribution is 1.91. The lowest BCUT2D eigenvalue weighted by molar-refractivity contribution is 0.261. The summed E-state index contributed by atoms with van der Waals surface area (Å²) < 4.78 is 0. The summed E-state index contributed by atoms with van der Waals surface area (Å²) in [5, 5.41) is 1.75. The monoisotopic (exact) mass is 133 g/mol. The maximum absolute atomic E-state index is 10.0. The molecule has 0 saturated heterocycles. The Bertz CT molecular complexity index is 111. The molecule has 0 aliphatic carbocycles. The lowest BCUT2D eigenvalue weighted by Gasteiger charge is -1.97. The van der Waals surface area contributed by atoms with Crippen molar-refractivity contribution in [2.24, 2.45) is 0 Å². The number of nitrogens with one attached hydrogen (secondary N) is 1. The van der Waals surface area contributed by atoms with Crippen LogP contribution in [0.4, 0.5) is 4.79 Å². The Morgan fingerprint density at radius 3 is 2.50 bits per heavy atom. The van der Waals surface area contributed by atoms with E-state index in [1.165, 1.54) is 0 Å². The fraction of sp³-hybridized carbons (Fsp3) is 0.400. The molecule has 0 aromatic carbocycles. The third-order valence-corrected chi connectivity index (χ3v) is 0.796. The molecule has 0 rings (SSSR count). The van der Waals surface area contributed by atoms with Crippen molar-refractivity contribution in [3.05, 3.63) is 12.3 Å². The molecule has 0 heterocycles. The number of hydrogen-bond acceptors (Lipinski definition) is 1. The Labute approximate surface area is 53.5 Å². The first kappa shape index (κ1) is 7.50. The quantitative estimate of drug-likeness (QED) is 0.452. The fourth-order valence-electron chi connectivity index (χ4n) is 0.227. The first-order chi connectivity index (χ1) is 3.66. The van der Waals surface area contributed by atoms with Crippen molar-refractivity contribution in [3.8, 4) is 0 Å². The Morgan fingerprint density at radius 1 is 1.88 bits per heavy atom. The van der Waals surface area contributed by atoms with Crippen LogP contribution in [0.1, 0.15) is 13.3 Å². The SMILES string of the molecule is C=C(CC)NC(=O)Cl. The van der Waals surface area contributed by atoms with Gasteiger partial charge in [0, 0.05) is 5.70 Å². The van der Waals surface area contributed by atoms with Gasteiger partial charge in [-0.1, -0.05) is 13.5 Å². The minimum atomic E-state index is -0.572. The molecule has 0 aromatic rings. The van der Waals surface area contributed by atoms with Gasteiger partial charge in [0.05, 0.1) is 0 Å². The predicted octanol–water partition coefficient (Wildman–Crippen LogP) is 1.86. The number of carbonyl (C=O) groups excluding carboxylic acids is 1. The molecule has 46 valence electrons. The molecule has 0 bridgehead atoms. The van der Waals surface area contributed by atoms with Gasteiger partial charge in [0.25, 0.3) is 0 Å². The van der Waals surface area contributed by atoms with Crippen LogP contribution >= 0.6 is 11.6 Å². The molecule has 8 heavy (non-hydrogen) atoms. The van der Waals surface area contributed by atoms with Crippen LogP contribution in [0.3, 0.4) is 0 Å². The van der Waals surface area contributed by atoms with E-state index in [1.807, 2.05) is 6.92 Å². The average Bonchev–Trinajstić information content (AvgIpc) is 1.65. The van der Waals surface area contributed by atoms with Gasteiger partial charge in [0.1, 0.15) is 0 Å². The van der Waals surface area contributed by atoms with Crippen molar-refractivity contribution < 1.29 is 4.79 Å². The number of allylic oxidation sites excluding steroid dienone is 1. The van der Waals surface area contributed by atoms with Crippen molar-refractivity contribution in [1.29, 1.82) is 0 Å². The lowest BCUT2D eigenvalue weighted by atomic mass is 10.4. The molecule has 3 heteroatoms. The topological polar surface area (TPSA) is 29.1 Å². The van der Waals surface area contributed by atoms with Crippen LogP contribution in [0.5, 0.6) is 0 Å². The smallest absolute Gasteiger partial charge is 0.317 e. The van der Waals surface area contributed by atoms with E-state index in [0.29, 0.717) is 5.70 Å². The molecular weight excluding hydrogens is 126 g/mol. The van der Waals surface area contributed by atoms with Gasteiger partial charge in [-0.05, 0) is 18.0 Å². The van der Waals surface area contributed by atoms with Gasteiger partial charge >= 0.3 is 5.37 Å². The summed E-state index contributed by atoms with van der Waals surface area (Å²) in [7, 11) is 0. The van der Waals surface area contributed by atoms with E-state index in [2.05, 4.69) is 11.9 Å². The van der Waals surface area contributed by atoms with Crippen LogP contribution in [0.25, 0.3) is 0 Å². The van der Waals surface area contributed by atoms with Gasteiger partial charge in [-0.25, -0.2) is 0 Å². The van der Waals surface area contributed by atoms with Gasteiger partial charge in [0.15, 0.2) is 0 Å². The van der Waals surface area contributed by atoms with Gasteiger partial charge in [0.2, 0.25) is 0 Å². The second-order valence-electron chi connectivity index (χ2n) is 1.36. The van der Waals surface area contributed by atoms with E-state index in [4.69, 9.17) is 11.6 Å². The van der Waals surface area contributed by atoms with Crippen LogP contribution in [0, 0.1) is 0 Å². The summed E-state index contributed by atoms with van der Waals surface area (Å²) in [6.07, 6.45) is 0.721. The predicted molar refractivity (Wildman–Crippen MR) is 33.8 cm³/mol. The zero-order chi connectivity index (χ0) is 6.57. The minimum Gasteiger partial charge on any atom is -0.317 e. The molecule has 0 aliphatic rings. The van der Waals surface area contributed by atoms with E-state index in [9.17, 15) is 4.79 Å². The summed E-state index contributed by atoms with van der Waals surface area (Å²) in [6, 6.07) is 0. The Morgan fingerprint density at radius 2 is 2.38 bits per heavy atom. The molecule has 1 amide bonds. The van der Waals surface area contributed by atoms with Crippen molar-refractivity contribution in [2.45, 2.75) is 13.3 Å². The van der Waals surface area contributed by atoms with Crippen molar-refractivity contribution in [3.63, 3.8) is 0 Å². The largest absolute Gasteiger partial charge is 0.317 e. The van der Waals surface area contributed by atoms with Crippen molar-refractivity contribution in [2.75, 3.05) is 0 Å². The van der Waals surface area contributed by atoms with E-state index < -0.39 is 5.37 Å². The fourth-order valence-corrected chi connectivity index (χ4v) is 0.361. The third-order valence-electron chi connectivity index (χ3n) is 0.702. The number of halogens is 1. The van der Waals surface area contributed by atoms with Gasteiger partial charge in [-0.2, -0.15) is 0 Å². The highest BCUT2D eigenvalue weighted by atomic mass is 35.5. The molecular formula is C5H8ClNO. The van der Waals surface area contributed by atoms with Crippen LogP contribution in [0.2, 0.25) is 0 Å². The lowest BCUT2D eigenvalue weighted by Crippen LogP contribution is -2.13. The highest BCUT2D eigenvalue weighted by molar-refractivity contribution is 6.63. The Kier molecular flexibility index (Phi) is 3.28. The summed E-state index contributed by atoms with van der Waals surface area (Å²) in [6.45, 7) is 5.38. The Hall–Kier alpha value is -0.500. The van der Waals surface area contributed by atoms with Gasteiger partial charge < -0.3 is 5.32 Å². The van der Waals surface area contributed by atoms with E-state index >= 15 is 0 Å². The maximum Gasteiger partial charge on any atom is 0.317 e. The second-order valence-corrected chi connectivity index (χ2v) is 1.70. The van der Waals surface area contributed by atoms with Crippen LogP contribution in [-0.4, -0.2) is 5.37 Å². The summed E-state index contributed by atoms with van der Waals surface area (Å²) in [5.41, 5.74) is 0.644. The zero-order valence-electron chi connectivity index (χ0n) is 4.70. The van der Waals surface area contributed by atoms with Crippen molar-refractivity contribution in [1.82, 2.24) is 5.32 Å². The molecule has 0 aliphatic heterocycles. The summed E-state index contributed by atoms with van der Waals surface area (Å²) in [5.74, 6) is 0. The van der Waals surface area contributed by atoms with Crippen LogP contribution in [-0.2, 0) is 0 Å². The minimum absolute atomic E-state index is 0.572. The molecule has 0 atom stereocenters. The summed E-state index contributed by atoms with van der Waals surface area (Å²) >= 11 is 4.94. The molecule has 2 nitrogen and oxygen atoms in total. The number of hydrogen-bond donors (Lipinski definition) is 1. The summed E-state index contributed by atoms with van der Waals surface area (Å²) in [4.78, 5) is 10.0. The van der Waals surface area contributed by atoms with Crippen LogP contribution < -0.4 is 5.32 Å². The van der Waals surface area contributed by atoms with Gasteiger partial charge in [-0.15, -0.1) is 0 Å². The second kappa shape index (κ2) is 3.50. The maximum atomic E-state index is 10.0. The first-order valence-electron chi connectivity index (χ1n) is 2.31. The molecule has 0 radical (unpaired) electrons. The normalized spacial score (nSPS) is 8.25. The molecule has 0 saturated carbocycles. The average molecular weight is 134 g/mol. The van der Waals surface area contributed by atoms with Gasteiger partial charge in [-0.3, -0.25) is 4.79 Å². The third kappa shape index (κ3) is 3.68. The van der Waals surface area contributed by atoms with E-state index in [-0.39, 0.29) is 0 Å². The highest BCUT2D eigenvalue weighted by Gasteiger charge is 1.92. The number of rotatable bonds is 2. The molecule has 0 unspecified atom stereocenters.